The van der Waals surface area contributed by atoms with Crippen molar-refractivity contribution in [1.82, 2.24) is 19.5 Å². The van der Waals surface area contributed by atoms with Gasteiger partial charge in [-0.3, -0.25) is 0 Å². The number of nitrogens with zero attached hydrogens (tertiary/aromatic N) is 4. The van der Waals surface area contributed by atoms with Crippen LogP contribution in [0.15, 0.2) is 36.5 Å². The molecule has 0 unspecified atom stereocenters. The predicted molar refractivity (Wildman–Crippen MR) is 129 cm³/mol. The summed E-state index contributed by atoms with van der Waals surface area (Å²) in [6.45, 7) is 2.53. The Kier molecular flexibility index (Phi) is 6.90. The molecule has 0 fully saturated rings. The molecule has 0 saturated carbocycles. The third kappa shape index (κ3) is 4.55. The highest BCUT2D eigenvalue weighted by Crippen LogP contribution is 2.34. The van der Waals surface area contributed by atoms with Crippen LogP contribution in [-0.2, 0) is 13.2 Å². The van der Waals surface area contributed by atoms with Gasteiger partial charge in [0, 0.05) is 29.8 Å². The Morgan fingerprint density at radius 2 is 2.00 bits per heavy atom. The smallest absolute Gasteiger partial charge is 0.222 e. The van der Waals surface area contributed by atoms with Gasteiger partial charge in [0.25, 0.3) is 0 Å². The average molecular weight is 451 g/mol. The molecule has 1 atom stereocenters. The average Bonchev–Trinajstić information content (AvgIpc) is 3.13. The predicted octanol–water partition coefficient (Wildman–Crippen LogP) is 3.07. The van der Waals surface area contributed by atoms with E-state index < -0.39 is 0 Å². The number of aliphatic hydroxyl groups excluding tert-OH is 2. The number of anilines is 2. The third-order valence-corrected chi connectivity index (χ3v) is 5.76. The second kappa shape index (κ2) is 10.0. The molecule has 9 nitrogen and oxygen atoms in total. The van der Waals surface area contributed by atoms with Crippen molar-refractivity contribution in [2.75, 3.05) is 24.8 Å². The summed E-state index contributed by atoms with van der Waals surface area (Å²) in [4.78, 5) is 13.5. The Bertz CT molecular complexity index is 1250. The van der Waals surface area contributed by atoms with Crippen molar-refractivity contribution in [1.29, 1.82) is 0 Å². The number of pyridine rings is 1. The standard InChI is InChI=1S/C24H30N6O3/c1-3-6-17(9-10-31)27-22-21-20(28-24(25)29-22)18-7-4-5-8-19(18)30(21)13-16-11-15(14-32)12-26-23(16)33-2/h4-5,7-8,11-12,17,31-32H,3,6,9-10,13-14H2,1-2H3,(H3,25,27,28,29)/t17-/m0/s1. The minimum atomic E-state index is -0.108. The van der Waals surface area contributed by atoms with E-state index in [0.717, 1.165) is 40.3 Å². The molecule has 174 valence electrons. The second-order valence-electron chi connectivity index (χ2n) is 8.04. The van der Waals surface area contributed by atoms with Gasteiger partial charge in [0.1, 0.15) is 11.0 Å². The number of nitrogens with one attached hydrogen (secondary N) is 1. The topological polar surface area (TPSA) is 131 Å². The fourth-order valence-electron chi connectivity index (χ4n) is 4.30. The van der Waals surface area contributed by atoms with Crippen LogP contribution in [0.25, 0.3) is 21.9 Å². The number of para-hydroxylation sites is 1. The van der Waals surface area contributed by atoms with Crippen molar-refractivity contribution in [3.8, 4) is 5.88 Å². The number of methoxy groups -OCH3 is 1. The molecule has 0 aliphatic rings. The summed E-state index contributed by atoms with van der Waals surface area (Å²) in [6, 6.07) is 9.94. The number of rotatable bonds is 10. The van der Waals surface area contributed by atoms with Crippen molar-refractivity contribution in [3.63, 3.8) is 0 Å². The number of benzene rings is 1. The van der Waals surface area contributed by atoms with Crippen LogP contribution >= 0.6 is 0 Å². The highest BCUT2D eigenvalue weighted by molar-refractivity contribution is 6.09. The van der Waals surface area contributed by atoms with E-state index in [0.29, 0.717) is 30.2 Å². The number of fused-ring (bicyclic) bond motifs is 3. The van der Waals surface area contributed by atoms with Gasteiger partial charge < -0.3 is 30.6 Å². The Labute approximate surface area is 192 Å². The minimum absolute atomic E-state index is 0.0536. The summed E-state index contributed by atoms with van der Waals surface area (Å²) >= 11 is 0. The van der Waals surface area contributed by atoms with Gasteiger partial charge in [-0.1, -0.05) is 31.5 Å². The van der Waals surface area contributed by atoms with Crippen LogP contribution in [-0.4, -0.2) is 49.5 Å². The van der Waals surface area contributed by atoms with Crippen LogP contribution in [0.3, 0.4) is 0 Å². The van der Waals surface area contributed by atoms with E-state index in [1.165, 1.54) is 0 Å². The highest BCUT2D eigenvalue weighted by atomic mass is 16.5. The monoisotopic (exact) mass is 450 g/mol. The lowest BCUT2D eigenvalue weighted by Gasteiger charge is -2.19. The molecule has 5 N–H and O–H groups in total. The number of nitrogen functional groups attached to an aromatic ring is 1. The van der Waals surface area contributed by atoms with Crippen LogP contribution < -0.4 is 15.8 Å². The zero-order chi connectivity index (χ0) is 23.4. The number of aromatic nitrogens is 4. The van der Waals surface area contributed by atoms with E-state index in [-0.39, 0.29) is 25.2 Å². The molecule has 0 aliphatic heterocycles. The minimum Gasteiger partial charge on any atom is -0.481 e. The third-order valence-electron chi connectivity index (χ3n) is 5.76. The number of aliphatic hydroxyl groups is 2. The molecule has 0 amide bonds. The molecule has 4 aromatic rings. The molecule has 4 rings (SSSR count). The van der Waals surface area contributed by atoms with Crippen molar-refractivity contribution in [3.05, 3.63) is 47.7 Å². The van der Waals surface area contributed by atoms with E-state index in [1.54, 1.807) is 13.3 Å². The highest BCUT2D eigenvalue weighted by Gasteiger charge is 2.21. The molecule has 0 spiro atoms. The molecular weight excluding hydrogens is 420 g/mol. The van der Waals surface area contributed by atoms with Crippen molar-refractivity contribution in [2.24, 2.45) is 0 Å². The zero-order valence-corrected chi connectivity index (χ0v) is 19.0. The first-order valence-corrected chi connectivity index (χ1v) is 11.1. The zero-order valence-electron chi connectivity index (χ0n) is 19.0. The molecule has 0 radical (unpaired) electrons. The first-order chi connectivity index (χ1) is 16.1. The SMILES string of the molecule is CCC[C@@H](CCO)Nc1nc(N)nc2c3ccccc3n(Cc3cc(CO)cnc3OC)c12. The lowest BCUT2D eigenvalue weighted by atomic mass is 10.1. The first kappa shape index (κ1) is 22.8. The van der Waals surface area contributed by atoms with Gasteiger partial charge in [0.05, 0.1) is 25.8 Å². The molecule has 0 aliphatic carbocycles. The lowest BCUT2D eigenvalue weighted by Crippen LogP contribution is -2.22. The van der Waals surface area contributed by atoms with Crippen LogP contribution in [0.5, 0.6) is 5.88 Å². The summed E-state index contributed by atoms with van der Waals surface area (Å²) in [5.74, 6) is 1.31. The van der Waals surface area contributed by atoms with E-state index in [2.05, 4.69) is 31.8 Å². The number of hydrogen-bond acceptors (Lipinski definition) is 8. The Morgan fingerprint density at radius 3 is 2.73 bits per heavy atom. The quantitative estimate of drug-likeness (QED) is 0.290. The van der Waals surface area contributed by atoms with E-state index in [4.69, 9.17) is 10.5 Å². The van der Waals surface area contributed by atoms with Gasteiger partial charge in [-0.2, -0.15) is 4.98 Å². The maximum absolute atomic E-state index is 9.62. The molecule has 3 aromatic heterocycles. The van der Waals surface area contributed by atoms with E-state index in [1.807, 2.05) is 30.3 Å². The maximum Gasteiger partial charge on any atom is 0.222 e. The number of nitrogens with two attached hydrogens (primary N) is 1. The van der Waals surface area contributed by atoms with Crippen molar-refractivity contribution < 1.29 is 14.9 Å². The normalized spacial score (nSPS) is 12.4. The fourth-order valence-corrected chi connectivity index (χ4v) is 4.30. The number of hydrogen-bond donors (Lipinski definition) is 4. The van der Waals surface area contributed by atoms with Crippen LogP contribution in [0, 0.1) is 0 Å². The maximum atomic E-state index is 9.62. The van der Waals surface area contributed by atoms with Crippen LogP contribution in [0.4, 0.5) is 11.8 Å². The van der Waals surface area contributed by atoms with Crippen molar-refractivity contribution >= 4 is 33.7 Å². The summed E-state index contributed by atoms with van der Waals surface area (Å²) in [5.41, 5.74) is 10.2. The largest absolute Gasteiger partial charge is 0.481 e. The van der Waals surface area contributed by atoms with Gasteiger partial charge in [-0.15, -0.1) is 0 Å². The van der Waals surface area contributed by atoms with Gasteiger partial charge in [-0.25, -0.2) is 9.97 Å². The molecule has 9 heteroatoms. The van der Waals surface area contributed by atoms with Crippen LogP contribution in [0.1, 0.15) is 37.3 Å². The van der Waals surface area contributed by atoms with E-state index >= 15 is 0 Å². The summed E-state index contributed by atoms with van der Waals surface area (Å²) in [7, 11) is 1.58. The van der Waals surface area contributed by atoms with E-state index in [9.17, 15) is 10.2 Å². The van der Waals surface area contributed by atoms with Crippen molar-refractivity contribution in [2.45, 2.75) is 45.4 Å². The Balaban J connectivity index is 1.93. The Morgan fingerprint density at radius 1 is 1.18 bits per heavy atom. The van der Waals surface area contributed by atoms with Gasteiger partial charge in [-0.05, 0) is 30.5 Å². The fraction of sp³-hybridized carbons (Fsp3) is 0.375. The number of ether oxygens (including phenoxy) is 1. The molecule has 33 heavy (non-hydrogen) atoms. The first-order valence-electron chi connectivity index (χ1n) is 11.1. The van der Waals surface area contributed by atoms with Crippen LogP contribution in [0.2, 0.25) is 0 Å². The summed E-state index contributed by atoms with van der Waals surface area (Å²) in [6.07, 6.45) is 4.08. The van der Waals surface area contributed by atoms with Gasteiger partial charge in [0.2, 0.25) is 11.8 Å². The molecule has 0 saturated heterocycles. The molecular formula is C24H30N6O3. The molecule has 1 aromatic carbocycles. The molecule has 0 bridgehead atoms. The summed E-state index contributed by atoms with van der Waals surface area (Å²) in [5, 5.41) is 23.6. The van der Waals surface area contributed by atoms with Gasteiger partial charge in [0.15, 0.2) is 5.82 Å². The molecule has 3 heterocycles. The lowest BCUT2D eigenvalue weighted by molar-refractivity contribution is 0.276. The Hall–Kier alpha value is -3.43. The summed E-state index contributed by atoms with van der Waals surface area (Å²) < 4.78 is 7.61. The van der Waals surface area contributed by atoms with Gasteiger partial charge >= 0.3 is 0 Å². The second-order valence-corrected chi connectivity index (χ2v) is 8.04.